The second kappa shape index (κ2) is 13.6. The van der Waals surface area contributed by atoms with Gasteiger partial charge in [-0.15, -0.1) is 0 Å². The van der Waals surface area contributed by atoms with Gasteiger partial charge in [-0.2, -0.15) is 12.7 Å². The quantitative estimate of drug-likeness (QED) is 0.433. The van der Waals surface area contributed by atoms with E-state index in [1.54, 1.807) is 81.5 Å². The molecule has 1 saturated heterocycles. The fourth-order valence-corrected chi connectivity index (χ4v) is 4.32. The molecule has 1 aliphatic heterocycles. The number of allylic oxidation sites excluding steroid dienone is 10. The zero-order chi connectivity index (χ0) is 28.3. The molecule has 1 aromatic rings. The van der Waals surface area contributed by atoms with Crippen molar-refractivity contribution in [3.8, 4) is 0 Å². The fourth-order valence-electron chi connectivity index (χ4n) is 3.17. The van der Waals surface area contributed by atoms with E-state index in [0.717, 1.165) is 5.56 Å². The molecule has 3 rings (SSSR count). The second-order valence-corrected chi connectivity index (χ2v) is 10.7. The Balaban J connectivity index is 1.59. The highest BCUT2D eigenvalue weighted by molar-refractivity contribution is 7.85. The van der Waals surface area contributed by atoms with Crippen molar-refractivity contribution < 1.29 is 41.1 Å². The Kier molecular flexibility index (Phi) is 10.3. The molecule has 0 radical (unpaired) electrons. The van der Waals surface area contributed by atoms with Crippen LogP contribution in [-0.2, 0) is 40.0 Å². The van der Waals surface area contributed by atoms with Crippen LogP contribution in [0.3, 0.4) is 0 Å². The lowest BCUT2D eigenvalue weighted by atomic mass is 10.2. The molecule has 1 atom stereocenters. The van der Waals surface area contributed by atoms with Crippen LogP contribution in [0.15, 0.2) is 103 Å². The highest BCUT2D eigenvalue weighted by Gasteiger charge is 2.45. The van der Waals surface area contributed by atoms with Crippen LogP contribution in [0.1, 0.15) is 26.3 Å². The van der Waals surface area contributed by atoms with E-state index in [0.29, 0.717) is 10.1 Å². The van der Waals surface area contributed by atoms with Gasteiger partial charge in [0.1, 0.15) is 36.4 Å². The maximum atomic E-state index is 12.5. The third-order valence-electron chi connectivity index (χ3n) is 4.88. The normalized spacial score (nSPS) is 24.8. The highest BCUT2D eigenvalue weighted by atomic mass is 32.2. The van der Waals surface area contributed by atoms with Crippen LogP contribution < -0.4 is 0 Å². The van der Waals surface area contributed by atoms with Crippen molar-refractivity contribution in [2.24, 2.45) is 0 Å². The predicted octanol–water partition coefficient (Wildman–Crippen LogP) is 5.24. The molecule has 0 bridgehead atoms. The second-order valence-electron chi connectivity index (χ2n) is 9.24. The van der Waals surface area contributed by atoms with Gasteiger partial charge in [-0.3, -0.25) is 4.18 Å². The molecule has 1 aromatic carbocycles. The van der Waals surface area contributed by atoms with Crippen molar-refractivity contribution in [1.29, 1.82) is 0 Å². The molecule has 208 valence electrons. The van der Waals surface area contributed by atoms with E-state index in [1.807, 2.05) is 30.3 Å². The van der Waals surface area contributed by atoms with Crippen LogP contribution in [0.5, 0.6) is 0 Å². The van der Waals surface area contributed by atoms with Gasteiger partial charge >= 0.3 is 22.6 Å². The molecular weight excluding hydrogens is 526 g/mol. The molecule has 0 N–H and O–H groups in total. The predicted molar refractivity (Wildman–Crippen MR) is 143 cm³/mol. The van der Waals surface area contributed by atoms with E-state index in [9.17, 15) is 18.0 Å². The maximum absolute atomic E-state index is 12.5. The summed E-state index contributed by atoms with van der Waals surface area (Å²) in [4.78, 5) is 24.6. The maximum Gasteiger partial charge on any atom is 0.514 e. The van der Waals surface area contributed by atoms with E-state index < -0.39 is 34.2 Å². The molecule has 1 aliphatic carbocycles. The average Bonchev–Trinajstić information content (AvgIpc) is 3.17. The Morgan fingerprint density at radius 2 is 1.59 bits per heavy atom. The Labute approximate surface area is 228 Å². The zero-order valence-electron chi connectivity index (χ0n) is 21.9. The van der Waals surface area contributed by atoms with E-state index in [2.05, 4.69) is 0 Å². The van der Waals surface area contributed by atoms with Crippen molar-refractivity contribution in [1.82, 2.24) is 4.31 Å². The van der Waals surface area contributed by atoms with Gasteiger partial charge in [-0.1, -0.05) is 66.8 Å². The third-order valence-corrected chi connectivity index (χ3v) is 6.25. The summed E-state index contributed by atoms with van der Waals surface area (Å²) < 4.78 is 51.3. The zero-order valence-corrected chi connectivity index (χ0v) is 22.7. The molecule has 2 aliphatic rings. The summed E-state index contributed by atoms with van der Waals surface area (Å²) in [6.45, 7) is 4.60. The lowest BCUT2D eigenvalue weighted by molar-refractivity contribution is 0.0305. The smallest absolute Gasteiger partial charge is 0.491 e. The first-order valence-corrected chi connectivity index (χ1v) is 13.4. The summed E-state index contributed by atoms with van der Waals surface area (Å²) in [5.74, 6) is 0.677. The van der Waals surface area contributed by atoms with Gasteiger partial charge in [0.25, 0.3) is 0 Å². The van der Waals surface area contributed by atoms with E-state index in [1.165, 1.54) is 0 Å². The minimum Gasteiger partial charge on any atom is -0.491 e. The van der Waals surface area contributed by atoms with Crippen LogP contribution in [0.2, 0.25) is 0 Å². The number of hydrogen-bond acceptors (Lipinski definition) is 9. The number of amides is 1. The summed E-state index contributed by atoms with van der Waals surface area (Å²) >= 11 is 0. The molecule has 0 spiro atoms. The van der Waals surface area contributed by atoms with E-state index in [-0.39, 0.29) is 25.6 Å². The molecule has 10 nitrogen and oxygen atoms in total. The van der Waals surface area contributed by atoms with Gasteiger partial charge in [-0.05, 0) is 50.6 Å². The minimum absolute atomic E-state index is 0.0944. The van der Waals surface area contributed by atoms with Crippen molar-refractivity contribution in [2.45, 2.75) is 39.0 Å². The molecule has 0 aromatic heterocycles. The van der Waals surface area contributed by atoms with Gasteiger partial charge < -0.3 is 18.9 Å². The van der Waals surface area contributed by atoms with Crippen molar-refractivity contribution in [2.75, 3.05) is 13.2 Å². The van der Waals surface area contributed by atoms with Crippen LogP contribution in [-0.4, -0.2) is 49.8 Å². The number of ether oxygens (including phenoxy) is 4. The van der Waals surface area contributed by atoms with E-state index in [4.69, 9.17) is 23.1 Å². The lowest BCUT2D eigenvalue weighted by Gasteiger charge is -2.25. The van der Waals surface area contributed by atoms with Gasteiger partial charge in [0.2, 0.25) is 0 Å². The Morgan fingerprint density at radius 1 is 0.949 bits per heavy atom. The summed E-state index contributed by atoms with van der Waals surface area (Å²) in [6.07, 6.45) is 14.7. The summed E-state index contributed by atoms with van der Waals surface area (Å²) in [5, 5.41) is 0. The monoisotopic (exact) mass is 557 g/mol. The number of benzene rings is 1. The molecule has 0 unspecified atom stereocenters. The van der Waals surface area contributed by atoms with E-state index >= 15 is 0 Å². The van der Waals surface area contributed by atoms with Gasteiger partial charge in [0.15, 0.2) is 0 Å². The Hall–Kier alpha value is -4.09. The minimum atomic E-state index is -4.27. The van der Waals surface area contributed by atoms with Crippen molar-refractivity contribution >= 4 is 22.6 Å². The highest BCUT2D eigenvalue weighted by Crippen LogP contribution is 2.23. The number of hydrogen-bond donors (Lipinski definition) is 0. The number of carbonyl (C=O) groups excluding carboxylic acids is 2. The van der Waals surface area contributed by atoms with Gasteiger partial charge in [0.05, 0.1) is 6.61 Å². The lowest BCUT2D eigenvalue weighted by Crippen LogP contribution is -2.44. The van der Waals surface area contributed by atoms with Crippen molar-refractivity contribution in [3.63, 3.8) is 0 Å². The Morgan fingerprint density at radius 3 is 2.26 bits per heavy atom. The average molecular weight is 558 g/mol. The number of rotatable bonds is 6. The third kappa shape index (κ3) is 9.95. The van der Waals surface area contributed by atoms with Crippen LogP contribution >= 0.6 is 0 Å². The SMILES string of the molecule is CC(C)(C)OC(=O)N1[C@H](COC2=C/C=C\C=C/C(OC(=O)OCc3ccccc3)=C\C=C/C=C\2)COS1(=O)=O. The first kappa shape index (κ1) is 29.5. The fraction of sp³-hybridized carbons (Fsp3) is 0.286. The first-order valence-electron chi connectivity index (χ1n) is 12.1. The topological polar surface area (TPSA) is 118 Å². The Bertz CT molecular complexity index is 1300. The van der Waals surface area contributed by atoms with Gasteiger partial charge in [-0.25, -0.2) is 9.59 Å². The number of nitrogens with zero attached hydrogens (tertiary/aromatic N) is 1. The van der Waals surface area contributed by atoms with Crippen LogP contribution in [0, 0.1) is 0 Å². The summed E-state index contributed by atoms with van der Waals surface area (Å²) in [7, 11) is -4.27. The molecule has 1 heterocycles. The molecule has 11 heteroatoms. The van der Waals surface area contributed by atoms with Gasteiger partial charge in [0, 0.05) is 0 Å². The largest absolute Gasteiger partial charge is 0.514 e. The standard InChI is InChI=1S/C28H31NO9S/c1-28(2,3)38-26(30)29-23(21-36-39(29,32)33)20-34-24-15-9-5-11-17-25(18-12-6-10-16-24)37-27(31)35-19-22-13-7-4-8-14-22/h4-18,23H,19-21H2,1-3H3/b9-5-,10-6?,11-5?,12-6-,15-9?,16-10-,17-11-,18-12?,24-15+,24-16?,25-17?,25-18+/t23-/m1/s1. The summed E-state index contributed by atoms with van der Waals surface area (Å²) in [6, 6.07) is 8.36. The van der Waals surface area contributed by atoms with Crippen LogP contribution in [0.25, 0.3) is 0 Å². The molecule has 1 amide bonds. The molecule has 39 heavy (non-hydrogen) atoms. The number of carbonyl (C=O) groups is 2. The molecule has 1 fully saturated rings. The molecule has 0 saturated carbocycles. The van der Waals surface area contributed by atoms with Crippen molar-refractivity contribution in [3.05, 3.63) is 108 Å². The molecular formula is C28H31NO9S. The van der Waals surface area contributed by atoms with Crippen LogP contribution in [0.4, 0.5) is 9.59 Å². The first-order chi connectivity index (χ1) is 18.5. The summed E-state index contributed by atoms with van der Waals surface area (Å²) in [5.41, 5.74) is -0.0404.